The second-order valence-corrected chi connectivity index (χ2v) is 12.0. The van der Waals surface area contributed by atoms with Crippen molar-refractivity contribution in [1.82, 2.24) is 0 Å². The summed E-state index contributed by atoms with van der Waals surface area (Å²) in [5.74, 6) is 0.345. The molecular formula is C37H70O. The first-order chi connectivity index (χ1) is 18.8. The van der Waals surface area contributed by atoms with Crippen molar-refractivity contribution in [3.8, 4) is 0 Å². The van der Waals surface area contributed by atoms with Crippen LogP contribution in [0.25, 0.3) is 0 Å². The molecule has 0 aromatic rings. The zero-order valence-electron chi connectivity index (χ0n) is 26.4. The van der Waals surface area contributed by atoms with E-state index in [1.165, 1.54) is 180 Å². The highest BCUT2D eigenvalue weighted by molar-refractivity contribution is 5.75. The molecule has 0 aromatic carbocycles. The number of unbranched alkanes of at least 4 members (excludes halogenated alkanes) is 26. The molecule has 0 amide bonds. The van der Waals surface area contributed by atoms with Crippen LogP contribution in [-0.4, -0.2) is 5.78 Å². The lowest BCUT2D eigenvalue weighted by Gasteiger charge is -2.02. The average Bonchev–Trinajstić information content (AvgIpc) is 2.91. The first-order valence-electron chi connectivity index (χ1n) is 17.6. The lowest BCUT2D eigenvalue weighted by atomic mass is 10.0. The van der Waals surface area contributed by atoms with Crippen molar-refractivity contribution in [1.29, 1.82) is 0 Å². The van der Waals surface area contributed by atoms with Gasteiger partial charge in [-0.15, -0.1) is 0 Å². The van der Waals surface area contributed by atoms with E-state index in [1.807, 2.05) is 0 Å². The number of hydrogen-bond donors (Lipinski definition) is 0. The van der Waals surface area contributed by atoms with Crippen molar-refractivity contribution in [3.05, 3.63) is 24.3 Å². The van der Waals surface area contributed by atoms with Crippen LogP contribution in [0.3, 0.4) is 0 Å². The molecule has 0 aliphatic carbocycles. The largest absolute Gasteiger partial charge is 0.300 e. The molecule has 0 spiro atoms. The first kappa shape index (κ1) is 37.1. The maximum atomic E-state index is 10.9. The van der Waals surface area contributed by atoms with Crippen LogP contribution >= 0.6 is 0 Å². The Hall–Kier alpha value is -0.850. The van der Waals surface area contributed by atoms with Crippen LogP contribution in [0.2, 0.25) is 0 Å². The summed E-state index contributed by atoms with van der Waals surface area (Å²) in [5, 5.41) is 0. The molecule has 1 nitrogen and oxygen atoms in total. The van der Waals surface area contributed by atoms with Gasteiger partial charge in [-0.25, -0.2) is 0 Å². The molecule has 0 saturated heterocycles. The molecule has 38 heavy (non-hydrogen) atoms. The van der Waals surface area contributed by atoms with Crippen molar-refractivity contribution >= 4 is 5.78 Å². The molecule has 0 radical (unpaired) electrons. The molecule has 0 saturated carbocycles. The van der Waals surface area contributed by atoms with E-state index >= 15 is 0 Å². The van der Waals surface area contributed by atoms with Gasteiger partial charge in [0.2, 0.25) is 0 Å². The van der Waals surface area contributed by atoms with E-state index in [-0.39, 0.29) is 0 Å². The highest BCUT2D eigenvalue weighted by Crippen LogP contribution is 2.14. The van der Waals surface area contributed by atoms with Gasteiger partial charge in [-0.05, 0) is 58.3 Å². The number of ketones is 1. The fraction of sp³-hybridized carbons (Fsp3) is 0.865. The highest BCUT2D eigenvalue weighted by atomic mass is 16.1. The van der Waals surface area contributed by atoms with E-state index in [4.69, 9.17) is 0 Å². The number of carbonyl (C=O) groups excluding carboxylic acids is 1. The second-order valence-electron chi connectivity index (χ2n) is 12.0. The molecule has 0 fully saturated rings. The van der Waals surface area contributed by atoms with Crippen LogP contribution in [0.4, 0.5) is 0 Å². The maximum absolute atomic E-state index is 10.9. The Morgan fingerprint density at radius 3 is 0.947 bits per heavy atom. The Bertz CT molecular complexity index is 503. The fourth-order valence-electron chi connectivity index (χ4n) is 5.33. The molecule has 0 aliphatic rings. The average molecular weight is 531 g/mol. The summed E-state index contributed by atoms with van der Waals surface area (Å²) in [6, 6.07) is 0. The monoisotopic (exact) mass is 531 g/mol. The quantitative estimate of drug-likeness (QED) is 0.0624. The Morgan fingerprint density at radius 2 is 0.632 bits per heavy atom. The summed E-state index contributed by atoms with van der Waals surface area (Å²) >= 11 is 0. The van der Waals surface area contributed by atoms with E-state index in [0.717, 1.165) is 12.8 Å². The van der Waals surface area contributed by atoms with Gasteiger partial charge in [-0.3, -0.25) is 0 Å². The summed E-state index contributed by atoms with van der Waals surface area (Å²) in [5.41, 5.74) is 0. The molecular weight excluding hydrogens is 460 g/mol. The standard InChI is InChI=1S/C37H70O/c1-3-4-5-6-7-8-9-10-11-12-13-14-15-16-17-18-19-20-21-22-23-24-25-26-27-28-29-30-31-32-33-34-35-36-37(2)38/h18-19,23-24H,3-17,20-22,25-36H2,1-2H3/b19-18+,24-23+. The number of rotatable bonds is 32. The van der Waals surface area contributed by atoms with Gasteiger partial charge in [0.15, 0.2) is 0 Å². The van der Waals surface area contributed by atoms with Gasteiger partial charge in [-0.2, -0.15) is 0 Å². The third-order valence-corrected chi connectivity index (χ3v) is 7.95. The van der Waals surface area contributed by atoms with E-state index in [2.05, 4.69) is 31.2 Å². The zero-order valence-corrected chi connectivity index (χ0v) is 26.4. The fourth-order valence-corrected chi connectivity index (χ4v) is 5.33. The Morgan fingerprint density at radius 1 is 0.368 bits per heavy atom. The zero-order chi connectivity index (χ0) is 27.6. The predicted molar refractivity (Wildman–Crippen MR) is 173 cm³/mol. The smallest absolute Gasteiger partial charge is 0.129 e. The molecule has 0 aromatic heterocycles. The van der Waals surface area contributed by atoms with Crippen LogP contribution in [0, 0.1) is 0 Å². The van der Waals surface area contributed by atoms with Crippen LogP contribution < -0.4 is 0 Å². The summed E-state index contributed by atoms with van der Waals surface area (Å²) < 4.78 is 0. The van der Waals surface area contributed by atoms with Crippen molar-refractivity contribution < 1.29 is 4.79 Å². The normalized spacial score (nSPS) is 11.8. The van der Waals surface area contributed by atoms with Gasteiger partial charge in [0, 0.05) is 6.42 Å². The van der Waals surface area contributed by atoms with Gasteiger partial charge < -0.3 is 4.79 Å². The Balaban J connectivity index is 3.16. The van der Waals surface area contributed by atoms with Crippen LogP contribution in [0.15, 0.2) is 24.3 Å². The third kappa shape index (κ3) is 35.2. The Kier molecular flexibility index (Phi) is 33.4. The molecule has 0 bridgehead atoms. The Labute approximate surface area is 241 Å². The van der Waals surface area contributed by atoms with Gasteiger partial charge in [-0.1, -0.05) is 166 Å². The second kappa shape index (κ2) is 34.2. The van der Waals surface area contributed by atoms with Crippen LogP contribution in [-0.2, 0) is 4.79 Å². The SMILES string of the molecule is CCCCCCCCCCCCCCCC/C=C/CCC/C=C/CCCCCCCCCCCCC(C)=O. The molecule has 0 heterocycles. The van der Waals surface area contributed by atoms with Gasteiger partial charge in [0.25, 0.3) is 0 Å². The minimum atomic E-state index is 0.345. The predicted octanol–water partition coefficient (Wildman–Crippen LogP) is 13.4. The number of Topliss-reactive ketones (excluding diaryl/α,β-unsaturated/α-hetero) is 1. The van der Waals surface area contributed by atoms with Gasteiger partial charge in [0.1, 0.15) is 5.78 Å². The molecule has 0 unspecified atom stereocenters. The minimum Gasteiger partial charge on any atom is -0.300 e. The van der Waals surface area contributed by atoms with E-state index in [1.54, 1.807) is 6.92 Å². The van der Waals surface area contributed by atoms with Crippen LogP contribution in [0.1, 0.15) is 206 Å². The summed E-state index contributed by atoms with van der Waals surface area (Å²) in [6.45, 7) is 4.00. The molecule has 0 atom stereocenters. The van der Waals surface area contributed by atoms with E-state index < -0.39 is 0 Å². The van der Waals surface area contributed by atoms with Crippen molar-refractivity contribution in [3.63, 3.8) is 0 Å². The topological polar surface area (TPSA) is 17.1 Å². The molecule has 0 rings (SSSR count). The lowest BCUT2D eigenvalue weighted by molar-refractivity contribution is -0.117. The summed E-state index contributed by atoms with van der Waals surface area (Å²) in [6.07, 6.45) is 50.4. The van der Waals surface area contributed by atoms with Crippen molar-refractivity contribution in [2.45, 2.75) is 206 Å². The van der Waals surface area contributed by atoms with Gasteiger partial charge in [0.05, 0.1) is 0 Å². The number of allylic oxidation sites excluding steroid dienone is 4. The first-order valence-corrected chi connectivity index (χ1v) is 17.6. The van der Waals surface area contributed by atoms with Gasteiger partial charge >= 0.3 is 0 Å². The van der Waals surface area contributed by atoms with Crippen molar-refractivity contribution in [2.24, 2.45) is 0 Å². The van der Waals surface area contributed by atoms with Crippen LogP contribution in [0.5, 0.6) is 0 Å². The number of carbonyl (C=O) groups is 1. The molecule has 0 N–H and O–H groups in total. The molecule has 224 valence electrons. The lowest BCUT2D eigenvalue weighted by Crippen LogP contribution is -1.89. The highest BCUT2D eigenvalue weighted by Gasteiger charge is 1.96. The third-order valence-electron chi connectivity index (χ3n) is 7.95. The summed E-state index contributed by atoms with van der Waals surface area (Å²) in [7, 11) is 0. The minimum absolute atomic E-state index is 0.345. The van der Waals surface area contributed by atoms with E-state index in [9.17, 15) is 4.79 Å². The van der Waals surface area contributed by atoms with Crippen molar-refractivity contribution in [2.75, 3.05) is 0 Å². The molecule has 1 heteroatoms. The molecule has 0 aliphatic heterocycles. The summed E-state index contributed by atoms with van der Waals surface area (Å²) in [4.78, 5) is 10.9. The number of hydrogen-bond acceptors (Lipinski definition) is 1. The maximum Gasteiger partial charge on any atom is 0.129 e. The van der Waals surface area contributed by atoms with E-state index in [0.29, 0.717) is 5.78 Å².